The molecule has 92 valence electrons. The summed E-state index contributed by atoms with van der Waals surface area (Å²) in [5, 5.41) is 16.8. The zero-order valence-electron chi connectivity index (χ0n) is 10.1. The highest BCUT2D eigenvalue weighted by Gasteiger charge is 2.05. The minimum atomic E-state index is -0.112. The number of nitrogens with zero attached hydrogens (tertiary/aromatic N) is 2. The maximum Gasteiger partial charge on any atom is 0.211 e. The molecule has 0 aliphatic rings. The molecular formula is C12H18N4O. The predicted molar refractivity (Wildman–Crippen MR) is 70.2 cm³/mol. The highest BCUT2D eigenvalue weighted by molar-refractivity contribution is 5.84. The second kappa shape index (κ2) is 5.89. The van der Waals surface area contributed by atoms with Gasteiger partial charge >= 0.3 is 0 Å². The van der Waals surface area contributed by atoms with Crippen molar-refractivity contribution in [2.75, 3.05) is 0 Å². The molecule has 0 fully saturated rings. The van der Waals surface area contributed by atoms with Gasteiger partial charge in [-0.25, -0.2) is 0 Å². The Bertz CT molecular complexity index is 436. The van der Waals surface area contributed by atoms with Gasteiger partial charge in [0.15, 0.2) is 0 Å². The highest BCUT2D eigenvalue weighted by Crippen LogP contribution is 2.24. The van der Waals surface area contributed by atoms with Gasteiger partial charge in [-0.15, -0.1) is 5.10 Å². The van der Waals surface area contributed by atoms with Gasteiger partial charge in [-0.1, -0.05) is 19.9 Å². The average molecular weight is 234 g/mol. The third-order valence-corrected chi connectivity index (χ3v) is 2.60. The van der Waals surface area contributed by atoms with E-state index in [0.29, 0.717) is 11.5 Å². The van der Waals surface area contributed by atoms with Crippen LogP contribution in [0, 0.1) is 0 Å². The van der Waals surface area contributed by atoms with Crippen LogP contribution >= 0.6 is 0 Å². The van der Waals surface area contributed by atoms with Crippen molar-refractivity contribution in [1.82, 2.24) is 0 Å². The fourth-order valence-electron chi connectivity index (χ4n) is 1.38. The summed E-state index contributed by atoms with van der Waals surface area (Å²) in [6.45, 7) is 4.24. The first-order valence-electron chi connectivity index (χ1n) is 5.49. The average Bonchev–Trinajstić information content (AvgIpc) is 2.30. The summed E-state index contributed by atoms with van der Waals surface area (Å²) >= 11 is 0. The fraction of sp³-hybridized carbons (Fsp3) is 0.333. The van der Waals surface area contributed by atoms with Crippen LogP contribution in [0.3, 0.4) is 0 Å². The first kappa shape index (κ1) is 13.0. The first-order valence-corrected chi connectivity index (χ1v) is 5.49. The molecule has 5 heteroatoms. The van der Waals surface area contributed by atoms with E-state index in [4.69, 9.17) is 11.5 Å². The Hall–Kier alpha value is -2.04. The summed E-state index contributed by atoms with van der Waals surface area (Å²) in [6.07, 6.45) is 2.47. The predicted octanol–water partition coefficient (Wildman–Crippen LogP) is 1.51. The molecule has 0 aliphatic heterocycles. The van der Waals surface area contributed by atoms with Gasteiger partial charge in [0.2, 0.25) is 5.96 Å². The molecule has 0 saturated carbocycles. The van der Waals surface area contributed by atoms with E-state index in [9.17, 15) is 5.11 Å². The highest BCUT2D eigenvalue weighted by atomic mass is 16.3. The zero-order valence-corrected chi connectivity index (χ0v) is 10.1. The zero-order chi connectivity index (χ0) is 12.8. The minimum absolute atomic E-state index is 0.112. The largest absolute Gasteiger partial charge is 0.507 e. The molecule has 0 amide bonds. The quantitative estimate of drug-likeness (QED) is 0.418. The monoisotopic (exact) mass is 234 g/mol. The van der Waals surface area contributed by atoms with E-state index in [1.54, 1.807) is 6.07 Å². The van der Waals surface area contributed by atoms with Gasteiger partial charge in [0.25, 0.3) is 0 Å². The van der Waals surface area contributed by atoms with E-state index < -0.39 is 0 Å². The molecule has 0 radical (unpaired) electrons. The van der Waals surface area contributed by atoms with Crippen LogP contribution in [0.25, 0.3) is 0 Å². The Kier molecular flexibility index (Phi) is 4.51. The Labute approximate surface area is 101 Å². The van der Waals surface area contributed by atoms with Gasteiger partial charge in [0.1, 0.15) is 5.75 Å². The third kappa shape index (κ3) is 3.79. The van der Waals surface area contributed by atoms with Gasteiger partial charge in [0, 0.05) is 5.56 Å². The van der Waals surface area contributed by atoms with E-state index in [0.717, 1.165) is 12.0 Å². The van der Waals surface area contributed by atoms with Crippen molar-refractivity contribution in [3.63, 3.8) is 0 Å². The second-order valence-electron chi connectivity index (χ2n) is 3.90. The van der Waals surface area contributed by atoms with Crippen LogP contribution in [0.4, 0.5) is 0 Å². The van der Waals surface area contributed by atoms with Crippen molar-refractivity contribution in [1.29, 1.82) is 0 Å². The molecule has 1 aromatic carbocycles. The molecule has 1 aromatic rings. The number of hydrogen-bond acceptors (Lipinski definition) is 3. The van der Waals surface area contributed by atoms with Gasteiger partial charge < -0.3 is 16.6 Å². The lowest BCUT2D eigenvalue weighted by Gasteiger charge is -2.10. The van der Waals surface area contributed by atoms with Gasteiger partial charge in [-0.05, 0) is 30.0 Å². The van der Waals surface area contributed by atoms with Crippen molar-refractivity contribution >= 4 is 12.2 Å². The number of phenolic OH excluding ortho intramolecular Hbond substituents is 1. The van der Waals surface area contributed by atoms with Crippen LogP contribution < -0.4 is 11.5 Å². The molecule has 0 saturated heterocycles. The lowest BCUT2D eigenvalue weighted by atomic mass is 9.97. The lowest BCUT2D eigenvalue weighted by Crippen LogP contribution is -2.21. The molecule has 0 aliphatic carbocycles. The third-order valence-electron chi connectivity index (χ3n) is 2.60. The number of hydrogen-bond donors (Lipinski definition) is 3. The van der Waals surface area contributed by atoms with Crippen molar-refractivity contribution < 1.29 is 5.11 Å². The molecule has 1 rings (SSSR count). The molecule has 0 aromatic heterocycles. The SMILES string of the molecule is CCC(C)c1ccc(O)c(C=NN=C(N)N)c1. The molecule has 0 heterocycles. The van der Waals surface area contributed by atoms with Gasteiger partial charge in [0.05, 0.1) is 6.21 Å². The van der Waals surface area contributed by atoms with E-state index in [1.807, 2.05) is 12.1 Å². The topological polar surface area (TPSA) is 97.0 Å². The van der Waals surface area contributed by atoms with E-state index in [-0.39, 0.29) is 11.7 Å². The van der Waals surface area contributed by atoms with E-state index >= 15 is 0 Å². The summed E-state index contributed by atoms with van der Waals surface area (Å²) < 4.78 is 0. The van der Waals surface area contributed by atoms with E-state index in [2.05, 4.69) is 24.1 Å². The number of nitrogens with two attached hydrogens (primary N) is 2. The van der Waals surface area contributed by atoms with Crippen LogP contribution in [0.2, 0.25) is 0 Å². The Morgan fingerprint density at radius 3 is 2.76 bits per heavy atom. The standard InChI is InChI=1S/C12H18N4O/c1-3-8(2)9-4-5-11(17)10(6-9)7-15-16-12(13)14/h4-8,17H,3H2,1-2H3,(H4,13,14,16). The van der Waals surface area contributed by atoms with E-state index in [1.165, 1.54) is 6.21 Å². The Morgan fingerprint density at radius 1 is 1.47 bits per heavy atom. The summed E-state index contributed by atoms with van der Waals surface area (Å²) in [5.41, 5.74) is 12.0. The first-order chi connectivity index (χ1) is 8.04. The van der Waals surface area contributed by atoms with Crippen LogP contribution in [0.5, 0.6) is 5.75 Å². The summed E-state index contributed by atoms with van der Waals surface area (Å²) in [6, 6.07) is 5.44. The van der Waals surface area contributed by atoms with Crippen LogP contribution in [0.15, 0.2) is 28.4 Å². The van der Waals surface area contributed by atoms with Gasteiger partial charge in [-0.3, -0.25) is 0 Å². The van der Waals surface area contributed by atoms with Gasteiger partial charge in [-0.2, -0.15) is 5.10 Å². The number of rotatable bonds is 4. The van der Waals surface area contributed by atoms with Crippen LogP contribution in [-0.4, -0.2) is 17.3 Å². The molecule has 0 spiro atoms. The molecule has 1 atom stereocenters. The normalized spacial score (nSPS) is 12.6. The summed E-state index contributed by atoms with van der Waals surface area (Å²) in [4.78, 5) is 0. The van der Waals surface area contributed by atoms with Crippen LogP contribution in [0.1, 0.15) is 37.3 Å². The number of guanidine groups is 1. The molecule has 0 bridgehead atoms. The number of aromatic hydroxyl groups is 1. The minimum Gasteiger partial charge on any atom is -0.507 e. The molecule has 1 unspecified atom stereocenters. The molecule has 5 N–H and O–H groups in total. The molecular weight excluding hydrogens is 216 g/mol. The van der Waals surface area contributed by atoms with Crippen LogP contribution in [-0.2, 0) is 0 Å². The van der Waals surface area contributed by atoms with Crippen molar-refractivity contribution in [2.24, 2.45) is 21.7 Å². The fourth-order valence-corrected chi connectivity index (χ4v) is 1.38. The van der Waals surface area contributed by atoms with Crippen molar-refractivity contribution in [3.8, 4) is 5.75 Å². The number of phenols is 1. The smallest absolute Gasteiger partial charge is 0.211 e. The molecule has 17 heavy (non-hydrogen) atoms. The molecule has 5 nitrogen and oxygen atoms in total. The summed E-state index contributed by atoms with van der Waals surface area (Å²) in [5.74, 6) is 0.483. The number of benzene rings is 1. The summed E-state index contributed by atoms with van der Waals surface area (Å²) in [7, 11) is 0. The Morgan fingerprint density at radius 2 is 2.18 bits per heavy atom. The Balaban J connectivity index is 2.98. The van der Waals surface area contributed by atoms with Crippen molar-refractivity contribution in [2.45, 2.75) is 26.2 Å². The maximum atomic E-state index is 9.65. The second-order valence-corrected chi connectivity index (χ2v) is 3.90. The van der Waals surface area contributed by atoms with Crippen molar-refractivity contribution in [3.05, 3.63) is 29.3 Å². The maximum absolute atomic E-state index is 9.65. The lowest BCUT2D eigenvalue weighted by molar-refractivity contribution is 0.474.